The van der Waals surface area contributed by atoms with Crippen LogP contribution < -0.4 is 0 Å². The monoisotopic (exact) mass is 275 g/mol. The van der Waals surface area contributed by atoms with Crippen LogP contribution in [0.25, 0.3) is 0 Å². The summed E-state index contributed by atoms with van der Waals surface area (Å²) in [5.41, 5.74) is 0. The maximum Gasteiger partial charge on any atom is 0.362 e. The number of carbonyl (C=O) groups excluding carboxylic acids is 3. The van der Waals surface area contributed by atoms with Gasteiger partial charge in [-0.25, -0.2) is 4.79 Å². The fourth-order valence-electron chi connectivity index (χ4n) is 1.37. The number of hydrogen-bond donors (Lipinski definition) is 2. The third-order valence-electron chi connectivity index (χ3n) is 2.22. The minimum atomic E-state index is -1.49. The minimum Gasteiger partial charge on any atom is -0.481 e. The Morgan fingerprint density at radius 3 is 2.32 bits per heavy atom. The molecule has 1 unspecified atom stereocenters. The van der Waals surface area contributed by atoms with Gasteiger partial charge in [-0.1, -0.05) is 0 Å². The summed E-state index contributed by atoms with van der Waals surface area (Å²) in [5, 5.41) is 17.5. The number of aliphatic carboxylic acids is 1. The van der Waals surface area contributed by atoms with Crippen LogP contribution in [0.2, 0.25) is 0 Å². The molecule has 1 aliphatic heterocycles. The second-order valence-corrected chi connectivity index (χ2v) is 3.67. The molecule has 2 amide bonds. The first-order chi connectivity index (χ1) is 8.95. The molecule has 0 bridgehead atoms. The Labute approximate surface area is 107 Å². The van der Waals surface area contributed by atoms with Crippen LogP contribution in [0, 0.1) is 0 Å². The van der Waals surface area contributed by atoms with Gasteiger partial charge in [0.1, 0.15) is 0 Å². The Kier molecular flexibility index (Phi) is 5.39. The number of rotatable bonds is 7. The summed E-state index contributed by atoms with van der Waals surface area (Å²) in [4.78, 5) is 49.1. The van der Waals surface area contributed by atoms with Crippen LogP contribution >= 0.6 is 0 Å². The summed E-state index contributed by atoms with van der Waals surface area (Å²) in [5.74, 6) is -3.83. The summed E-state index contributed by atoms with van der Waals surface area (Å²) in [6.45, 7) is -0.681. The van der Waals surface area contributed by atoms with E-state index in [-0.39, 0.29) is 19.4 Å². The van der Waals surface area contributed by atoms with Crippen molar-refractivity contribution in [1.82, 2.24) is 5.06 Å². The highest BCUT2D eigenvalue weighted by atomic mass is 16.7. The van der Waals surface area contributed by atoms with Gasteiger partial charge in [-0.3, -0.25) is 14.4 Å². The van der Waals surface area contributed by atoms with E-state index < -0.39 is 42.9 Å². The van der Waals surface area contributed by atoms with E-state index >= 15 is 0 Å². The van der Waals surface area contributed by atoms with Crippen molar-refractivity contribution in [2.75, 3.05) is 13.2 Å². The molecule has 0 aromatic carbocycles. The third-order valence-corrected chi connectivity index (χ3v) is 2.22. The molecule has 1 rings (SSSR count). The smallest absolute Gasteiger partial charge is 0.362 e. The Hall–Kier alpha value is -2.00. The first-order valence-electron chi connectivity index (χ1n) is 5.47. The van der Waals surface area contributed by atoms with Gasteiger partial charge in [0.05, 0.1) is 19.6 Å². The number of amides is 2. The van der Waals surface area contributed by atoms with Gasteiger partial charge in [-0.05, 0) is 0 Å². The first kappa shape index (κ1) is 15.1. The molecule has 0 aromatic rings. The van der Waals surface area contributed by atoms with Crippen LogP contribution in [0.15, 0.2) is 0 Å². The van der Waals surface area contributed by atoms with Gasteiger partial charge in [0.2, 0.25) is 0 Å². The van der Waals surface area contributed by atoms with E-state index in [4.69, 9.17) is 14.9 Å². The minimum absolute atomic E-state index is 0.0623. The molecular weight excluding hydrogens is 262 g/mol. The number of nitrogens with zero attached hydrogens (tertiary/aromatic N) is 1. The van der Waals surface area contributed by atoms with E-state index in [2.05, 4.69) is 4.84 Å². The number of hydroxylamine groups is 2. The van der Waals surface area contributed by atoms with Crippen LogP contribution in [0.1, 0.15) is 19.3 Å². The molecular formula is C10H13NO8. The Morgan fingerprint density at radius 1 is 1.26 bits per heavy atom. The topological polar surface area (TPSA) is 130 Å². The van der Waals surface area contributed by atoms with Crippen molar-refractivity contribution in [2.24, 2.45) is 0 Å². The maximum absolute atomic E-state index is 11.6. The molecule has 106 valence electrons. The molecule has 0 radical (unpaired) electrons. The Balaban J connectivity index is 2.62. The zero-order valence-corrected chi connectivity index (χ0v) is 9.90. The third kappa shape index (κ3) is 4.30. The fraction of sp³-hybridized carbons (Fsp3) is 0.600. The zero-order valence-electron chi connectivity index (χ0n) is 9.90. The molecule has 1 fully saturated rings. The number of carboxylic acid groups (broad SMARTS) is 1. The van der Waals surface area contributed by atoms with Crippen molar-refractivity contribution < 1.29 is 39.0 Å². The van der Waals surface area contributed by atoms with E-state index in [1.54, 1.807) is 0 Å². The second-order valence-electron chi connectivity index (χ2n) is 3.67. The number of carbonyl (C=O) groups is 4. The molecule has 0 aromatic heterocycles. The summed E-state index contributed by atoms with van der Waals surface area (Å²) in [6.07, 6.45) is -2.32. The van der Waals surface area contributed by atoms with Gasteiger partial charge in [0.15, 0.2) is 6.10 Å². The van der Waals surface area contributed by atoms with Crippen LogP contribution in [0.5, 0.6) is 0 Å². The average molecular weight is 275 g/mol. The van der Waals surface area contributed by atoms with Crippen molar-refractivity contribution in [1.29, 1.82) is 0 Å². The van der Waals surface area contributed by atoms with E-state index in [0.717, 1.165) is 0 Å². The van der Waals surface area contributed by atoms with Crippen molar-refractivity contribution >= 4 is 23.8 Å². The van der Waals surface area contributed by atoms with Crippen LogP contribution in [0.4, 0.5) is 0 Å². The van der Waals surface area contributed by atoms with Crippen LogP contribution in [-0.4, -0.2) is 58.3 Å². The number of imide groups is 1. The number of aliphatic hydroxyl groups excluding tert-OH is 1. The highest BCUT2D eigenvalue weighted by Gasteiger charge is 2.35. The predicted octanol–water partition coefficient (Wildman–Crippen LogP) is -1.55. The van der Waals surface area contributed by atoms with E-state index in [1.165, 1.54) is 0 Å². The molecule has 0 spiro atoms. The second kappa shape index (κ2) is 6.81. The molecule has 0 aliphatic carbocycles. The molecule has 1 saturated heterocycles. The number of aliphatic hydroxyl groups is 1. The predicted molar refractivity (Wildman–Crippen MR) is 56.3 cm³/mol. The molecule has 0 saturated carbocycles. The lowest BCUT2D eigenvalue weighted by molar-refractivity contribution is -0.206. The number of hydrogen-bond acceptors (Lipinski definition) is 7. The van der Waals surface area contributed by atoms with Gasteiger partial charge < -0.3 is 19.8 Å². The molecule has 9 nitrogen and oxygen atoms in total. The van der Waals surface area contributed by atoms with E-state index in [0.29, 0.717) is 5.06 Å². The lowest BCUT2D eigenvalue weighted by Crippen LogP contribution is -2.38. The fourth-order valence-corrected chi connectivity index (χ4v) is 1.37. The lowest BCUT2D eigenvalue weighted by Gasteiger charge is -2.17. The van der Waals surface area contributed by atoms with Gasteiger partial charge in [0, 0.05) is 12.8 Å². The largest absolute Gasteiger partial charge is 0.481 e. The highest BCUT2D eigenvalue weighted by molar-refractivity contribution is 6.01. The average Bonchev–Trinajstić information content (AvgIpc) is 2.65. The Bertz CT molecular complexity index is 377. The summed E-state index contributed by atoms with van der Waals surface area (Å²) >= 11 is 0. The SMILES string of the molecule is O=C(O)CC(OCCO)C(=O)ON1C(=O)CCC1=O. The number of ether oxygens (including phenoxy) is 1. The van der Waals surface area contributed by atoms with Crippen LogP contribution in [-0.2, 0) is 28.8 Å². The normalized spacial score (nSPS) is 16.6. The highest BCUT2D eigenvalue weighted by Crippen LogP contribution is 2.14. The van der Waals surface area contributed by atoms with Crippen molar-refractivity contribution in [3.05, 3.63) is 0 Å². The Morgan fingerprint density at radius 2 is 1.84 bits per heavy atom. The molecule has 9 heteroatoms. The van der Waals surface area contributed by atoms with Gasteiger partial charge in [-0.15, -0.1) is 5.06 Å². The molecule has 2 N–H and O–H groups in total. The van der Waals surface area contributed by atoms with Crippen molar-refractivity contribution in [3.8, 4) is 0 Å². The van der Waals surface area contributed by atoms with Crippen molar-refractivity contribution in [2.45, 2.75) is 25.4 Å². The lowest BCUT2D eigenvalue weighted by atomic mass is 10.2. The standard InChI is InChI=1S/C10H13NO8/c12-3-4-18-6(5-9(15)16)10(17)19-11-7(13)1-2-8(11)14/h6,12H,1-5H2,(H,15,16). The van der Waals surface area contributed by atoms with Crippen LogP contribution in [0.3, 0.4) is 0 Å². The number of carboxylic acids is 1. The van der Waals surface area contributed by atoms with Gasteiger partial charge in [-0.2, -0.15) is 0 Å². The van der Waals surface area contributed by atoms with E-state index in [1.807, 2.05) is 0 Å². The first-order valence-corrected chi connectivity index (χ1v) is 5.47. The zero-order chi connectivity index (χ0) is 14.4. The quantitative estimate of drug-likeness (QED) is 0.534. The summed E-state index contributed by atoms with van der Waals surface area (Å²) < 4.78 is 4.79. The van der Waals surface area contributed by atoms with Gasteiger partial charge >= 0.3 is 11.9 Å². The molecule has 19 heavy (non-hydrogen) atoms. The molecule has 1 atom stereocenters. The maximum atomic E-state index is 11.6. The van der Waals surface area contributed by atoms with Gasteiger partial charge in [0.25, 0.3) is 11.8 Å². The molecule has 1 heterocycles. The van der Waals surface area contributed by atoms with Crippen molar-refractivity contribution in [3.63, 3.8) is 0 Å². The molecule has 1 aliphatic rings. The summed E-state index contributed by atoms with van der Waals surface area (Å²) in [6, 6.07) is 0. The summed E-state index contributed by atoms with van der Waals surface area (Å²) in [7, 11) is 0. The van der Waals surface area contributed by atoms with E-state index in [9.17, 15) is 19.2 Å².